The Morgan fingerprint density at radius 2 is 2.33 bits per heavy atom. The summed E-state index contributed by atoms with van der Waals surface area (Å²) < 4.78 is 6.17. The molecule has 2 N–H and O–H groups in total. The SMILES string of the molecule is Nc1noc(-c2cc3c(s2)CCC3)c1I. The molecule has 0 spiro atoms. The average Bonchev–Trinajstić information content (AvgIpc) is 2.82. The third-order valence-corrected chi connectivity index (χ3v) is 4.91. The van der Waals surface area contributed by atoms with Crippen molar-refractivity contribution in [1.82, 2.24) is 5.16 Å². The first-order valence-corrected chi connectivity index (χ1v) is 6.68. The number of nitrogen functional groups attached to an aromatic ring is 1. The molecule has 0 atom stereocenters. The van der Waals surface area contributed by atoms with Crippen molar-refractivity contribution in [2.24, 2.45) is 0 Å². The largest absolute Gasteiger partial charge is 0.380 e. The van der Waals surface area contributed by atoms with Gasteiger partial charge < -0.3 is 10.3 Å². The zero-order chi connectivity index (χ0) is 10.4. The molecule has 15 heavy (non-hydrogen) atoms. The van der Waals surface area contributed by atoms with Crippen LogP contribution >= 0.6 is 33.9 Å². The minimum atomic E-state index is 0.485. The van der Waals surface area contributed by atoms with Crippen LogP contribution in [-0.4, -0.2) is 5.16 Å². The fourth-order valence-electron chi connectivity index (χ4n) is 1.89. The van der Waals surface area contributed by atoms with Crippen molar-refractivity contribution in [2.75, 3.05) is 5.73 Å². The van der Waals surface area contributed by atoms with Gasteiger partial charge in [-0.25, -0.2) is 0 Å². The van der Waals surface area contributed by atoms with Gasteiger partial charge in [-0.1, -0.05) is 5.16 Å². The standard InChI is InChI=1S/C10H9IN2OS/c11-8-9(14-13-10(8)12)7-4-5-2-1-3-6(5)15-7/h4H,1-3H2,(H2,12,13). The fourth-order valence-corrected chi connectivity index (χ4v) is 3.79. The second kappa shape index (κ2) is 3.48. The van der Waals surface area contributed by atoms with Crippen molar-refractivity contribution in [3.05, 3.63) is 20.1 Å². The van der Waals surface area contributed by atoms with Gasteiger partial charge in [-0.2, -0.15) is 0 Å². The quantitative estimate of drug-likeness (QED) is 0.817. The number of hydrogen-bond donors (Lipinski definition) is 1. The van der Waals surface area contributed by atoms with Gasteiger partial charge >= 0.3 is 0 Å². The number of hydrogen-bond acceptors (Lipinski definition) is 4. The number of nitrogens with zero attached hydrogens (tertiary/aromatic N) is 1. The number of halogens is 1. The number of rotatable bonds is 1. The van der Waals surface area contributed by atoms with Gasteiger partial charge in [0, 0.05) is 4.88 Å². The normalized spacial score (nSPS) is 14.5. The zero-order valence-electron chi connectivity index (χ0n) is 7.92. The van der Waals surface area contributed by atoms with Gasteiger partial charge in [0.25, 0.3) is 0 Å². The van der Waals surface area contributed by atoms with E-state index in [-0.39, 0.29) is 0 Å². The molecule has 2 aromatic heterocycles. The van der Waals surface area contributed by atoms with Gasteiger partial charge in [0.1, 0.15) is 3.57 Å². The van der Waals surface area contributed by atoms with Crippen LogP contribution in [0.25, 0.3) is 10.6 Å². The topological polar surface area (TPSA) is 52.0 Å². The van der Waals surface area contributed by atoms with Crippen molar-refractivity contribution in [1.29, 1.82) is 0 Å². The Kier molecular flexibility index (Phi) is 2.24. The maximum atomic E-state index is 5.66. The molecular formula is C10H9IN2OS. The molecule has 2 heterocycles. The van der Waals surface area contributed by atoms with E-state index in [1.165, 1.54) is 29.7 Å². The molecule has 0 unspecified atom stereocenters. The Balaban J connectivity index is 2.09. The molecular weight excluding hydrogens is 323 g/mol. The number of anilines is 1. The second-order valence-corrected chi connectivity index (χ2v) is 5.84. The van der Waals surface area contributed by atoms with Crippen LogP contribution in [0, 0.1) is 3.57 Å². The molecule has 3 nitrogen and oxygen atoms in total. The third kappa shape index (κ3) is 1.48. The lowest BCUT2D eigenvalue weighted by atomic mass is 10.2. The van der Waals surface area contributed by atoms with Crippen LogP contribution in [0.5, 0.6) is 0 Å². The van der Waals surface area contributed by atoms with Crippen molar-refractivity contribution in [3.8, 4) is 10.6 Å². The highest BCUT2D eigenvalue weighted by atomic mass is 127. The van der Waals surface area contributed by atoms with Crippen molar-refractivity contribution >= 4 is 39.7 Å². The monoisotopic (exact) mass is 332 g/mol. The van der Waals surface area contributed by atoms with Crippen LogP contribution < -0.4 is 5.73 Å². The summed E-state index contributed by atoms with van der Waals surface area (Å²) in [5.41, 5.74) is 7.13. The number of nitrogens with two attached hydrogens (primary N) is 1. The van der Waals surface area contributed by atoms with Crippen LogP contribution in [0.2, 0.25) is 0 Å². The molecule has 0 radical (unpaired) electrons. The first-order chi connectivity index (χ1) is 7.25. The maximum Gasteiger partial charge on any atom is 0.192 e. The lowest BCUT2D eigenvalue weighted by Gasteiger charge is -1.90. The molecule has 0 saturated carbocycles. The number of aryl methyl sites for hydroxylation is 2. The molecule has 0 aliphatic heterocycles. The predicted molar refractivity (Wildman–Crippen MR) is 69.0 cm³/mol. The molecule has 0 bridgehead atoms. The summed E-state index contributed by atoms with van der Waals surface area (Å²) in [5.74, 6) is 1.31. The minimum Gasteiger partial charge on any atom is -0.380 e. The van der Waals surface area contributed by atoms with Gasteiger partial charge in [-0.15, -0.1) is 11.3 Å². The highest BCUT2D eigenvalue weighted by Crippen LogP contribution is 2.39. The second-order valence-electron chi connectivity index (χ2n) is 3.62. The van der Waals surface area contributed by atoms with E-state index in [9.17, 15) is 0 Å². The minimum absolute atomic E-state index is 0.485. The fraction of sp³-hybridized carbons (Fsp3) is 0.300. The average molecular weight is 332 g/mol. The first kappa shape index (κ1) is 9.65. The zero-order valence-corrected chi connectivity index (χ0v) is 10.9. The van der Waals surface area contributed by atoms with Gasteiger partial charge in [0.05, 0.1) is 4.88 Å². The lowest BCUT2D eigenvalue weighted by Crippen LogP contribution is -1.85. The molecule has 3 rings (SSSR count). The summed E-state index contributed by atoms with van der Waals surface area (Å²) in [6, 6.07) is 2.22. The highest BCUT2D eigenvalue weighted by molar-refractivity contribution is 14.1. The highest BCUT2D eigenvalue weighted by Gasteiger charge is 2.20. The summed E-state index contributed by atoms with van der Waals surface area (Å²) >= 11 is 3.99. The van der Waals surface area contributed by atoms with Gasteiger partial charge in [0.2, 0.25) is 0 Å². The molecule has 1 aliphatic carbocycles. The van der Waals surface area contributed by atoms with E-state index in [4.69, 9.17) is 10.3 Å². The van der Waals surface area contributed by atoms with Crippen molar-refractivity contribution in [3.63, 3.8) is 0 Å². The van der Waals surface area contributed by atoms with Crippen molar-refractivity contribution < 1.29 is 4.52 Å². The molecule has 1 aliphatic rings. The molecule has 5 heteroatoms. The van der Waals surface area contributed by atoms with Gasteiger partial charge in [0.15, 0.2) is 11.6 Å². The van der Waals surface area contributed by atoms with Crippen LogP contribution in [-0.2, 0) is 12.8 Å². The summed E-state index contributed by atoms with van der Waals surface area (Å²) in [6.07, 6.45) is 3.70. The summed E-state index contributed by atoms with van der Waals surface area (Å²) in [5, 5.41) is 3.78. The Bertz CT molecular complexity index is 496. The Morgan fingerprint density at radius 1 is 1.47 bits per heavy atom. The van der Waals surface area contributed by atoms with Crippen LogP contribution in [0.4, 0.5) is 5.82 Å². The summed E-state index contributed by atoms with van der Waals surface area (Å²) in [4.78, 5) is 2.66. The van der Waals surface area contributed by atoms with E-state index < -0.39 is 0 Å². The van der Waals surface area contributed by atoms with Gasteiger partial charge in [-0.05, 0) is 53.5 Å². The Labute approximate surface area is 105 Å². The summed E-state index contributed by atoms with van der Waals surface area (Å²) in [6.45, 7) is 0. The predicted octanol–water partition coefficient (Wildman–Crippen LogP) is 3.08. The van der Waals surface area contributed by atoms with Crippen molar-refractivity contribution in [2.45, 2.75) is 19.3 Å². The van der Waals surface area contributed by atoms with Crippen LogP contribution in [0.15, 0.2) is 10.6 Å². The molecule has 2 aromatic rings. The molecule has 0 aromatic carbocycles. The molecule has 78 valence electrons. The number of fused-ring (bicyclic) bond motifs is 1. The first-order valence-electron chi connectivity index (χ1n) is 4.78. The van der Waals surface area contributed by atoms with E-state index in [1.807, 2.05) is 11.3 Å². The number of thiophene rings is 1. The smallest absolute Gasteiger partial charge is 0.192 e. The number of aromatic nitrogens is 1. The van der Waals surface area contributed by atoms with Crippen LogP contribution in [0.3, 0.4) is 0 Å². The molecule has 0 amide bonds. The molecule has 0 saturated heterocycles. The van der Waals surface area contributed by atoms with Crippen LogP contribution in [0.1, 0.15) is 16.9 Å². The van der Waals surface area contributed by atoms with E-state index in [0.29, 0.717) is 5.82 Å². The molecule has 0 fully saturated rings. The Hall–Kier alpha value is -0.560. The van der Waals surface area contributed by atoms with Gasteiger partial charge in [-0.3, -0.25) is 0 Å². The van der Waals surface area contributed by atoms with E-state index in [1.54, 1.807) is 0 Å². The third-order valence-electron chi connectivity index (χ3n) is 2.63. The summed E-state index contributed by atoms with van der Waals surface area (Å²) in [7, 11) is 0. The van der Waals surface area contributed by atoms with E-state index >= 15 is 0 Å². The Morgan fingerprint density at radius 3 is 3.00 bits per heavy atom. The lowest BCUT2D eigenvalue weighted by molar-refractivity contribution is 0.436. The van der Waals surface area contributed by atoms with E-state index in [2.05, 4.69) is 33.8 Å². The maximum absolute atomic E-state index is 5.66. The van der Waals surface area contributed by atoms with E-state index in [0.717, 1.165) is 14.2 Å².